The van der Waals surface area contributed by atoms with E-state index >= 15 is 0 Å². The van der Waals surface area contributed by atoms with Gasteiger partial charge in [0.1, 0.15) is 6.04 Å². The number of carbonyl (C=O) groups excluding carboxylic acids is 3. The summed E-state index contributed by atoms with van der Waals surface area (Å²) in [5.41, 5.74) is 9.19. The first-order valence-electron chi connectivity index (χ1n) is 9.27. The third-order valence-corrected chi connectivity index (χ3v) is 6.05. The number of nitrogens with zero attached hydrogens (tertiary/aromatic N) is 2. The van der Waals surface area contributed by atoms with Crippen molar-refractivity contribution in [3.63, 3.8) is 0 Å². The number of aryl methyl sites for hydroxylation is 1. The van der Waals surface area contributed by atoms with E-state index in [2.05, 4.69) is 0 Å². The molecule has 4 atom stereocenters. The van der Waals surface area contributed by atoms with Gasteiger partial charge >= 0.3 is 0 Å². The molecule has 0 radical (unpaired) electrons. The molecular formula is C22H19N3O3. The number of hydrogen-bond donors (Lipinski definition) is 1. The second kappa shape index (κ2) is 5.79. The first-order chi connectivity index (χ1) is 13.5. The Labute approximate surface area is 162 Å². The van der Waals surface area contributed by atoms with Gasteiger partial charge in [-0.05, 0) is 36.3 Å². The lowest BCUT2D eigenvalue weighted by Crippen LogP contribution is -2.46. The molecule has 3 amide bonds. The van der Waals surface area contributed by atoms with E-state index in [4.69, 9.17) is 5.73 Å². The van der Waals surface area contributed by atoms with Gasteiger partial charge in [0.15, 0.2) is 0 Å². The first kappa shape index (κ1) is 16.7. The van der Waals surface area contributed by atoms with Crippen molar-refractivity contribution in [2.45, 2.75) is 19.0 Å². The molecule has 0 spiro atoms. The smallest absolute Gasteiger partial charge is 0.240 e. The van der Waals surface area contributed by atoms with Crippen molar-refractivity contribution < 1.29 is 14.4 Å². The number of benzene rings is 2. The predicted octanol–water partition coefficient (Wildman–Crippen LogP) is 2.00. The van der Waals surface area contributed by atoms with Crippen LogP contribution in [0.25, 0.3) is 6.08 Å². The van der Waals surface area contributed by atoms with Crippen molar-refractivity contribution in [2.75, 3.05) is 4.90 Å². The molecule has 3 aliphatic rings. The Kier molecular flexibility index (Phi) is 3.46. The molecule has 0 bridgehead atoms. The summed E-state index contributed by atoms with van der Waals surface area (Å²) in [5, 5.41) is 0. The summed E-state index contributed by atoms with van der Waals surface area (Å²) in [6, 6.07) is 13.8. The number of imide groups is 1. The van der Waals surface area contributed by atoms with Crippen LogP contribution in [-0.4, -0.2) is 28.7 Å². The van der Waals surface area contributed by atoms with E-state index in [0.29, 0.717) is 5.69 Å². The Morgan fingerprint density at radius 2 is 1.64 bits per heavy atom. The van der Waals surface area contributed by atoms with E-state index < -0.39 is 23.8 Å². The Morgan fingerprint density at radius 1 is 0.964 bits per heavy atom. The summed E-state index contributed by atoms with van der Waals surface area (Å²) in [6.45, 7) is 1.94. The van der Waals surface area contributed by atoms with E-state index in [1.807, 2.05) is 49.4 Å². The Hall–Kier alpha value is -3.41. The maximum Gasteiger partial charge on any atom is 0.240 e. The number of nitrogens with two attached hydrogens (primary N) is 1. The maximum absolute atomic E-state index is 13.4. The van der Waals surface area contributed by atoms with Crippen molar-refractivity contribution in [1.29, 1.82) is 0 Å². The van der Waals surface area contributed by atoms with Crippen molar-refractivity contribution in [3.8, 4) is 0 Å². The normalized spacial score (nSPS) is 27.6. The van der Waals surface area contributed by atoms with Crippen molar-refractivity contribution in [1.82, 2.24) is 4.90 Å². The van der Waals surface area contributed by atoms with Gasteiger partial charge in [0, 0.05) is 6.20 Å². The van der Waals surface area contributed by atoms with Crippen LogP contribution in [0.15, 0.2) is 54.7 Å². The predicted molar refractivity (Wildman–Crippen MR) is 104 cm³/mol. The zero-order chi connectivity index (χ0) is 19.6. The lowest BCUT2D eigenvalue weighted by atomic mass is 9.84. The molecule has 3 aliphatic heterocycles. The zero-order valence-corrected chi connectivity index (χ0v) is 15.3. The summed E-state index contributed by atoms with van der Waals surface area (Å²) in [7, 11) is 0. The summed E-state index contributed by atoms with van der Waals surface area (Å²) in [6.07, 6.45) is 3.69. The standard InChI is InChI=1S/C22H19N3O3/c1-12-6-8-14(9-7-12)25-21(27)16-17(22(25)28)19(20(23)26)24-11-10-13-4-2-3-5-15(13)18(16)24/h2-11,16-19H,1H3,(H2,23,26)/t16-,17+,18+,19-/m0/s1. The highest BCUT2D eigenvalue weighted by Crippen LogP contribution is 2.52. The van der Waals surface area contributed by atoms with Crippen molar-refractivity contribution in [2.24, 2.45) is 17.6 Å². The van der Waals surface area contributed by atoms with Gasteiger partial charge in [-0.1, -0.05) is 42.0 Å². The van der Waals surface area contributed by atoms with Crippen LogP contribution in [0, 0.1) is 18.8 Å². The highest BCUT2D eigenvalue weighted by Gasteiger charge is 2.64. The van der Waals surface area contributed by atoms with Crippen LogP contribution in [0.3, 0.4) is 0 Å². The molecule has 6 heteroatoms. The minimum Gasteiger partial charge on any atom is -0.368 e. The molecule has 2 aromatic carbocycles. The molecule has 3 heterocycles. The number of carbonyl (C=O) groups is 3. The molecule has 2 N–H and O–H groups in total. The minimum atomic E-state index is -0.841. The van der Waals surface area contributed by atoms with Crippen LogP contribution in [0.1, 0.15) is 22.7 Å². The molecular weight excluding hydrogens is 354 g/mol. The topological polar surface area (TPSA) is 83.7 Å². The molecule has 140 valence electrons. The molecule has 0 saturated carbocycles. The summed E-state index contributed by atoms with van der Waals surface area (Å²) >= 11 is 0. The molecule has 28 heavy (non-hydrogen) atoms. The van der Waals surface area contributed by atoms with Crippen LogP contribution in [0.4, 0.5) is 5.69 Å². The van der Waals surface area contributed by atoms with Gasteiger partial charge in [0.05, 0.1) is 23.6 Å². The monoisotopic (exact) mass is 373 g/mol. The summed E-state index contributed by atoms with van der Waals surface area (Å²) in [5.74, 6) is -2.65. The zero-order valence-electron chi connectivity index (χ0n) is 15.3. The van der Waals surface area contributed by atoms with Crippen LogP contribution < -0.4 is 10.6 Å². The quantitative estimate of drug-likeness (QED) is 0.816. The summed E-state index contributed by atoms with van der Waals surface area (Å²) < 4.78 is 0. The fourth-order valence-corrected chi connectivity index (χ4v) is 4.83. The van der Waals surface area contributed by atoms with Gasteiger partial charge in [-0.3, -0.25) is 14.4 Å². The SMILES string of the molecule is Cc1ccc(N2C(=O)[C@@H]3[C@H](C2=O)[C@H]2c4ccccc4C=CN2[C@@H]3C(N)=O)cc1. The molecule has 0 aromatic heterocycles. The Bertz CT molecular complexity index is 1040. The van der Waals surface area contributed by atoms with E-state index in [9.17, 15) is 14.4 Å². The molecule has 0 aliphatic carbocycles. The number of amides is 3. The first-order valence-corrected chi connectivity index (χ1v) is 9.27. The van der Waals surface area contributed by atoms with E-state index in [1.165, 1.54) is 4.90 Å². The number of hydrogen-bond acceptors (Lipinski definition) is 4. The fourth-order valence-electron chi connectivity index (χ4n) is 4.83. The second-order valence-electron chi connectivity index (χ2n) is 7.58. The second-order valence-corrected chi connectivity index (χ2v) is 7.58. The van der Waals surface area contributed by atoms with Crippen molar-refractivity contribution in [3.05, 3.63) is 71.4 Å². The van der Waals surface area contributed by atoms with Crippen LogP contribution in [-0.2, 0) is 14.4 Å². The molecule has 0 unspecified atom stereocenters. The highest BCUT2D eigenvalue weighted by atomic mass is 16.2. The highest BCUT2D eigenvalue weighted by molar-refractivity contribution is 6.24. The van der Waals surface area contributed by atoms with Crippen LogP contribution >= 0.6 is 0 Å². The lowest BCUT2D eigenvalue weighted by Gasteiger charge is -2.34. The number of anilines is 1. The van der Waals surface area contributed by atoms with Gasteiger partial charge in [-0.25, -0.2) is 4.90 Å². The maximum atomic E-state index is 13.4. The van der Waals surface area contributed by atoms with Crippen LogP contribution in [0.2, 0.25) is 0 Å². The Balaban J connectivity index is 1.65. The number of fused-ring (bicyclic) bond motifs is 5. The molecule has 6 nitrogen and oxygen atoms in total. The third-order valence-electron chi connectivity index (χ3n) is 6.05. The van der Waals surface area contributed by atoms with Gasteiger partial charge < -0.3 is 10.6 Å². The average Bonchev–Trinajstić information content (AvgIpc) is 3.16. The molecule has 5 rings (SSSR count). The Morgan fingerprint density at radius 3 is 2.36 bits per heavy atom. The van der Waals surface area contributed by atoms with Crippen molar-refractivity contribution >= 4 is 29.5 Å². The van der Waals surface area contributed by atoms with E-state index in [0.717, 1.165) is 16.7 Å². The van der Waals surface area contributed by atoms with Gasteiger partial charge in [0.25, 0.3) is 0 Å². The lowest BCUT2D eigenvalue weighted by molar-refractivity contribution is -0.129. The molecule has 2 saturated heterocycles. The van der Waals surface area contributed by atoms with Crippen LogP contribution in [0.5, 0.6) is 0 Å². The van der Waals surface area contributed by atoms with Gasteiger partial charge in [-0.2, -0.15) is 0 Å². The van der Waals surface area contributed by atoms with E-state index in [-0.39, 0.29) is 17.9 Å². The van der Waals surface area contributed by atoms with E-state index in [1.54, 1.807) is 23.2 Å². The molecule has 2 aromatic rings. The number of primary amides is 1. The van der Waals surface area contributed by atoms with Gasteiger partial charge in [0.2, 0.25) is 17.7 Å². The number of rotatable bonds is 2. The third kappa shape index (κ3) is 2.11. The fraction of sp³-hybridized carbons (Fsp3) is 0.227. The largest absolute Gasteiger partial charge is 0.368 e. The minimum absolute atomic E-state index is 0.275. The average molecular weight is 373 g/mol. The van der Waals surface area contributed by atoms with Gasteiger partial charge in [-0.15, -0.1) is 0 Å². The molecule has 2 fully saturated rings. The summed E-state index contributed by atoms with van der Waals surface area (Å²) in [4.78, 5) is 42.1.